The number of rotatable bonds is 3. The van der Waals surface area contributed by atoms with E-state index >= 15 is 0 Å². The molecule has 0 spiro atoms. The van der Waals surface area contributed by atoms with Gasteiger partial charge in [0.15, 0.2) is 0 Å². The molecule has 0 aliphatic carbocycles. The number of aliphatic hydroxyl groups is 1. The van der Waals surface area contributed by atoms with E-state index in [0.29, 0.717) is 20.3 Å². The molecule has 0 bridgehead atoms. The van der Waals surface area contributed by atoms with Gasteiger partial charge in [-0.1, -0.05) is 44.0 Å². The Hall–Kier alpha value is -0.910. The van der Waals surface area contributed by atoms with Gasteiger partial charge >= 0.3 is 0 Å². The molecule has 1 N–H and O–H groups in total. The van der Waals surface area contributed by atoms with Gasteiger partial charge in [0.2, 0.25) is 0 Å². The maximum Gasteiger partial charge on any atom is 0.130 e. The molecule has 0 saturated carbocycles. The summed E-state index contributed by atoms with van der Waals surface area (Å²) < 4.78 is 20.1. The molecule has 2 aromatic rings. The third-order valence-corrected chi connectivity index (χ3v) is 4.15. The summed E-state index contributed by atoms with van der Waals surface area (Å²) in [5.41, 5.74) is 0.792. The van der Waals surface area contributed by atoms with Crippen LogP contribution in [0.15, 0.2) is 45.3 Å². The molecule has 19 heavy (non-hydrogen) atoms. The highest BCUT2D eigenvalue weighted by Crippen LogP contribution is 2.35. The smallest absolute Gasteiger partial charge is 0.130 e. The van der Waals surface area contributed by atoms with Crippen molar-refractivity contribution in [3.8, 4) is 5.75 Å². The molecule has 0 saturated heterocycles. The summed E-state index contributed by atoms with van der Waals surface area (Å²) in [6, 6.07) is 9.75. The van der Waals surface area contributed by atoms with Gasteiger partial charge in [-0.2, -0.15) is 0 Å². The average molecular weight is 390 g/mol. The Balaban J connectivity index is 2.47. The maximum absolute atomic E-state index is 13.8. The van der Waals surface area contributed by atoms with E-state index in [4.69, 9.17) is 4.74 Å². The van der Waals surface area contributed by atoms with Crippen LogP contribution in [0.2, 0.25) is 0 Å². The van der Waals surface area contributed by atoms with Gasteiger partial charge in [-0.25, -0.2) is 4.39 Å². The molecule has 0 aliphatic heterocycles. The van der Waals surface area contributed by atoms with E-state index in [0.717, 1.165) is 0 Å². The minimum Gasteiger partial charge on any atom is -0.497 e. The topological polar surface area (TPSA) is 29.5 Å². The molecule has 5 heteroatoms. The number of methoxy groups -OCH3 is 1. The van der Waals surface area contributed by atoms with Crippen LogP contribution in [0.5, 0.6) is 5.75 Å². The van der Waals surface area contributed by atoms with E-state index in [1.165, 1.54) is 6.07 Å². The molecule has 0 heterocycles. The van der Waals surface area contributed by atoms with E-state index in [2.05, 4.69) is 31.9 Å². The summed E-state index contributed by atoms with van der Waals surface area (Å²) in [4.78, 5) is 0. The standard InChI is InChI=1S/C14H11Br2FO2/c1-19-8-5-6-9(11(16)7-8)14(18)13-10(15)3-2-4-12(13)17/h2-7,14,18H,1H3. The first-order chi connectivity index (χ1) is 9.04. The zero-order valence-corrected chi connectivity index (χ0v) is 13.2. The molecule has 1 unspecified atom stereocenters. The van der Waals surface area contributed by atoms with Crippen LogP contribution >= 0.6 is 31.9 Å². The van der Waals surface area contributed by atoms with Crippen LogP contribution in [0.4, 0.5) is 4.39 Å². The molecule has 2 rings (SSSR count). The van der Waals surface area contributed by atoms with Gasteiger partial charge in [0.1, 0.15) is 17.7 Å². The van der Waals surface area contributed by atoms with Gasteiger partial charge in [0, 0.05) is 14.5 Å². The van der Waals surface area contributed by atoms with E-state index in [1.54, 1.807) is 37.4 Å². The highest BCUT2D eigenvalue weighted by atomic mass is 79.9. The van der Waals surface area contributed by atoms with Crippen LogP contribution in [0, 0.1) is 5.82 Å². The second-order valence-corrected chi connectivity index (χ2v) is 5.63. The predicted octanol–water partition coefficient (Wildman–Crippen LogP) is 4.44. The molecule has 1 atom stereocenters. The number of hydrogen-bond acceptors (Lipinski definition) is 2. The molecule has 0 fully saturated rings. The number of ether oxygens (including phenoxy) is 1. The van der Waals surface area contributed by atoms with Crippen molar-refractivity contribution in [2.45, 2.75) is 6.10 Å². The summed E-state index contributed by atoms with van der Waals surface area (Å²) in [5.74, 6) is 0.208. The van der Waals surface area contributed by atoms with Crippen molar-refractivity contribution in [3.05, 3.63) is 62.3 Å². The zero-order valence-electron chi connectivity index (χ0n) is 10.0. The Bertz CT molecular complexity index is 582. The fourth-order valence-electron chi connectivity index (χ4n) is 1.78. The number of benzene rings is 2. The van der Waals surface area contributed by atoms with Gasteiger partial charge < -0.3 is 9.84 Å². The first-order valence-electron chi connectivity index (χ1n) is 5.50. The SMILES string of the molecule is COc1ccc(C(O)c2c(F)cccc2Br)c(Br)c1. The Labute approximate surface area is 127 Å². The number of halogens is 3. The number of aliphatic hydroxyl groups excluding tert-OH is 1. The summed E-state index contributed by atoms with van der Waals surface area (Å²) in [7, 11) is 1.56. The zero-order chi connectivity index (χ0) is 14.0. The minimum absolute atomic E-state index is 0.216. The van der Waals surface area contributed by atoms with Gasteiger partial charge in [0.25, 0.3) is 0 Å². The maximum atomic E-state index is 13.8. The summed E-state index contributed by atoms with van der Waals surface area (Å²) in [5, 5.41) is 10.4. The fourth-order valence-corrected chi connectivity index (χ4v) is 2.92. The number of hydrogen-bond donors (Lipinski definition) is 1. The van der Waals surface area contributed by atoms with Crippen LogP contribution < -0.4 is 4.74 Å². The van der Waals surface area contributed by atoms with Crippen molar-refractivity contribution in [1.82, 2.24) is 0 Å². The molecule has 0 aliphatic rings. The van der Waals surface area contributed by atoms with E-state index in [9.17, 15) is 9.50 Å². The molecular weight excluding hydrogens is 379 g/mol. The highest BCUT2D eigenvalue weighted by molar-refractivity contribution is 9.10. The Morgan fingerprint density at radius 3 is 2.47 bits per heavy atom. The van der Waals surface area contributed by atoms with Crippen molar-refractivity contribution in [2.75, 3.05) is 7.11 Å². The lowest BCUT2D eigenvalue weighted by molar-refractivity contribution is 0.213. The molecule has 0 aromatic heterocycles. The second-order valence-electron chi connectivity index (χ2n) is 3.93. The second kappa shape index (κ2) is 6.03. The Morgan fingerprint density at radius 1 is 1.16 bits per heavy atom. The Kier molecular flexibility index (Phi) is 4.60. The minimum atomic E-state index is -1.06. The third-order valence-electron chi connectivity index (χ3n) is 2.78. The van der Waals surface area contributed by atoms with Crippen LogP contribution in [0.25, 0.3) is 0 Å². The van der Waals surface area contributed by atoms with Crippen LogP contribution in [-0.2, 0) is 0 Å². The van der Waals surface area contributed by atoms with E-state index in [1.807, 2.05) is 0 Å². The summed E-state index contributed by atoms with van der Waals surface area (Å²) in [6.07, 6.45) is -1.06. The van der Waals surface area contributed by atoms with Gasteiger partial charge in [-0.3, -0.25) is 0 Å². The predicted molar refractivity (Wildman–Crippen MR) is 78.9 cm³/mol. The first kappa shape index (κ1) is 14.5. The normalized spacial score (nSPS) is 12.3. The molecule has 2 aromatic carbocycles. The van der Waals surface area contributed by atoms with Crippen molar-refractivity contribution in [3.63, 3.8) is 0 Å². The van der Waals surface area contributed by atoms with Crippen molar-refractivity contribution >= 4 is 31.9 Å². The van der Waals surface area contributed by atoms with E-state index < -0.39 is 11.9 Å². The van der Waals surface area contributed by atoms with Crippen LogP contribution in [0.3, 0.4) is 0 Å². The van der Waals surface area contributed by atoms with Crippen molar-refractivity contribution in [2.24, 2.45) is 0 Å². The monoisotopic (exact) mass is 388 g/mol. The van der Waals surface area contributed by atoms with Crippen molar-refractivity contribution < 1.29 is 14.2 Å². The van der Waals surface area contributed by atoms with Gasteiger partial charge in [-0.15, -0.1) is 0 Å². The fraction of sp³-hybridized carbons (Fsp3) is 0.143. The summed E-state index contributed by atoms with van der Waals surface area (Å²) in [6.45, 7) is 0. The highest BCUT2D eigenvalue weighted by Gasteiger charge is 2.20. The van der Waals surface area contributed by atoms with Gasteiger partial charge in [0.05, 0.1) is 7.11 Å². The average Bonchev–Trinajstić information content (AvgIpc) is 2.38. The molecule has 0 amide bonds. The largest absolute Gasteiger partial charge is 0.497 e. The quantitative estimate of drug-likeness (QED) is 0.840. The molecule has 0 radical (unpaired) electrons. The first-order valence-corrected chi connectivity index (χ1v) is 7.08. The van der Waals surface area contributed by atoms with Gasteiger partial charge in [-0.05, 0) is 29.8 Å². The van der Waals surface area contributed by atoms with Crippen molar-refractivity contribution in [1.29, 1.82) is 0 Å². The molecular formula is C14H11Br2FO2. The summed E-state index contributed by atoms with van der Waals surface area (Å²) >= 11 is 6.61. The lowest BCUT2D eigenvalue weighted by atomic mass is 10.0. The van der Waals surface area contributed by atoms with Crippen LogP contribution in [-0.4, -0.2) is 12.2 Å². The third kappa shape index (κ3) is 2.99. The lowest BCUT2D eigenvalue weighted by Gasteiger charge is -2.16. The lowest BCUT2D eigenvalue weighted by Crippen LogP contribution is -2.04. The van der Waals surface area contributed by atoms with E-state index in [-0.39, 0.29) is 5.56 Å². The molecule has 2 nitrogen and oxygen atoms in total. The molecule has 100 valence electrons. The Morgan fingerprint density at radius 2 is 1.89 bits per heavy atom. The van der Waals surface area contributed by atoms with Crippen LogP contribution in [0.1, 0.15) is 17.2 Å².